The molecule has 0 spiro atoms. The highest BCUT2D eigenvalue weighted by Crippen LogP contribution is 2.35. The zero-order valence-electron chi connectivity index (χ0n) is 13.2. The lowest BCUT2D eigenvalue weighted by Gasteiger charge is -2.06. The summed E-state index contributed by atoms with van der Waals surface area (Å²) >= 11 is 0. The van der Waals surface area contributed by atoms with Gasteiger partial charge in [0.25, 0.3) is 0 Å². The number of hydrogen-bond acceptors (Lipinski definition) is 3. The predicted molar refractivity (Wildman–Crippen MR) is 84.6 cm³/mol. The van der Waals surface area contributed by atoms with Gasteiger partial charge in [0.1, 0.15) is 0 Å². The molecule has 120 valence electrons. The van der Waals surface area contributed by atoms with Crippen molar-refractivity contribution >= 4 is 10.0 Å². The average Bonchev–Trinajstić information content (AvgIpc) is 2.98. The Balaban J connectivity index is 2.10. The molecule has 2 rings (SSSR count). The summed E-state index contributed by atoms with van der Waals surface area (Å²) in [4.78, 5) is 0.392. The van der Waals surface area contributed by atoms with E-state index in [2.05, 4.69) is 23.9 Å². The Kier molecular flexibility index (Phi) is 5.46. The van der Waals surface area contributed by atoms with Crippen LogP contribution in [0.5, 0.6) is 0 Å². The van der Waals surface area contributed by atoms with Crippen molar-refractivity contribution in [3.05, 3.63) is 18.0 Å². The lowest BCUT2D eigenvalue weighted by molar-refractivity contribution is 0.572. The number of hydrogen-bond donors (Lipinski definition) is 2. The van der Waals surface area contributed by atoms with Crippen LogP contribution in [-0.4, -0.2) is 26.1 Å². The normalized spacial score (nSPS) is 21.7. The SMILES string of the molecule is CCCC1CC1NS(=O)(=O)c1cc(CNC)n(CCC)c1. The molecule has 2 unspecified atom stereocenters. The van der Waals surface area contributed by atoms with Crippen LogP contribution in [0.2, 0.25) is 0 Å². The van der Waals surface area contributed by atoms with Gasteiger partial charge >= 0.3 is 0 Å². The highest BCUT2D eigenvalue weighted by Gasteiger charge is 2.39. The summed E-state index contributed by atoms with van der Waals surface area (Å²) in [6.45, 7) is 5.75. The number of nitrogens with zero attached hydrogens (tertiary/aromatic N) is 1. The third-order valence-electron chi connectivity index (χ3n) is 3.98. The summed E-state index contributed by atoms with van der Waals surface area (Å²) in [5.41, 5.74) is 1.01. The monoisotopic (exact) mass is 313 g/mol. The summed E-state index contributed by atoms with van der Waals surface area (Å²) in [5.74, 6) is 0.527. The molecule has 1 aliphatic rings. The van der Waals surface area contributed by atoms with Crippen molar-refractivity contribution in [3.8, 4) is 0 Å². The van der Waals surface area contributed by atoms with Crippen molar-refractivity contribution in [2.45, 2.75) is 63.6 Å². The van der Waals surface area contributed by atoms with Gasteiger partial charge in [0, 0.05) is 31.0 Å². The van der Waals surface area contributed by atoms with Crippen LogP contribution in [0, 0.1) is 5.92 Å². The van der Waals surface area contributed by atoms with Crippen LogP contribution in [-0.2, 0) is 23.1 Å². The lowest BCUT2D eigenvalue weighted by Crippen LogP contribution is -2.26. The molecular weight excluding hydrogens is 286 g/mol. The number of aromatic nitrogens is 1. The molecule has 0 amide bonds. The second-order valence-electron chi connectivity index (χ2n) is 5.90. The molecule has 1 aromatic rings. The van der Waals surface area contributed by atoms with E-state index in [-0.39, 0.29) is 6.04 Å². The molecule has 2 N–H and O–H groups in total. The number of nitrogens with one attached hydrogen (secondary N) is 2. The van der Waals surface area contributed by atoms with Crippen molar-refractivity contribution in [1.29, 1.82) is 0 Å². The van der Waals surface area contributed by atoms with Crippen LogP contribution in [0.15, 0.2) is 17.2 Å². The van der Waals surface area contributed by atoms with Crippen molar-refractivity contribution in [2.24, 2.45) is 5.92 Å². The van der Waals surface area contributed by atoms with Gasteiger partial charge in [-0.25, -0.2) is 13.1 Å². The van der Waals surface area contributed by atoms with E-state index in [1.807, 2.05) is 11.6 Å². The molecule has 1 heterocycles. The zero-order chi connectivity index (χ0) is 15.5. The third-order valence-corrected chi connectivity index (χ3v) is 5.44. The Hall–Kier alpha value is -0.850. The smallest absolute Gasteiger partial charge is 0.242 e. The Bertz CT molecular complexity index is 542. The quantitative estimate of drug-likeness (QED) is 0.734. The Morgan fingerprint density at radius 1 is 1.33 bits per heavy atom. The first kappa shape index (κ1) is 16.5. The number of rotatable bonds is 9. The maximum Gasteiger partial charge on any atom is 0.242 e. The fourth-order valence-corrected chi connectivity index (χ4v) is 4.18. The standard InChI is InChI=1S/C15H27N3O2S/c1-4-6-12-8-15(12)17-21(19,20)14-9-13(10-16-3)18(11-14)7-5-2/h9,11-12,15-17H,4-8,10H2,1-3H3. The maximum absolute atomic E-state index is 12.5. The van der Waals surface area contributed by atoms with Gasteiger partial charge in [-0.2, -0.15) is 0 Å². The summed E-state index contributed by atoms with van der Waals surface area (Å²) in [6.07, 6.45) is 5.94. The largest absolute Gasteiger partial charge is 0.349 e. The van der Waals surface area contributed by atoms with Crippen LogP contribution in [0.1, 0.15) is 45.2 Å². The molecule has 2 atom stereocenters. The third kappa shape index (κ3) is 4.08. The van der Waals surface area contributed by atoms with Gasteiger partial charge in [0.15, 0.2) is 0 Å². The van der Waals surface area contributed by atoms with Gasteiger partial charge in [0.2, 0.25) is 10.0 Å². The Morgan fingerprint density at radius 2 is 2.10 bits per heavy atom. The van der Waals surface area contributed by atoms with E-state index in [4.69, 9.17) is 0 Å². The highest BCUT2D eigenvalue weighted by atomic mass is 32.2. The van der Waals surface area contributed by atoms with Gasteiger partial charge < -0.3 is 9.88 Å². The molecule has 6 heteroatoms. The predicted octanol–water partition coefficient (Wildman–Crippen LogP) is 2.08. The molecule has 1 aliphatic carbocycles. The van der Waals surface area contributed by atoms with Crippen molar-refractivity contribution < 1.29 is 8.42 Å². The fourth-order valence-electron chi connectivity index (χ4n) is 2.80. The first-order chi connectivity index (χ1) is 10.0. The number of aryl methyl sites for hydroxylation is 1. The van der Waals surface area contributed by atoms with E-state index in [0.29, 0.717) is 17.4 Å². The molecule has 5 nitrogen and oxygen atoms in total. The molecule has 0 radical (unpaired) electrons. The minimum absolute atomic E-state index is 0.136. The van der Waals surface area contributed by atoms with Crippen molar-refractivity contribution in [3.63, 3.8) is 0 Å². The Labute approximate surface area is 128 Å². The van der Waals surface area contributed by atoms with E-state index < -0.39 is 10.0 Å². The van der Waals surface area contributed by atoms with Crippen LogP contribution in [0.4, 0.5) is 0 Å². The van der Waals surface area contributed by atoms with Crippen LogP contribution < -0.4 is 10.0 Å². The van der Waals surface area contributed by atoms with E-state index >= 15 is 0 Å². The summed E-state index contributed by atoms with van der Waals surface area (Å²) in [7, 11) is -1.51. The van der Waals surface area contributed by atoms with Gasteiger partial charge in [-0.1, -0.05) is 20.3 Å². The molecule has 21 heavy (non-hydrogen) atoms. The molecule has 0 aliphatic heterocycles. The Morgan fingerprint density at radius 3 is 2.71 bits per heavy atom. The molecule has 1 aromatic heterocycles. The summed E-state index contributed by atoms with van der Waals surface area (Å²) in [5, 5.41) is 3.09. The van der Waals surface area contributed by atoms with E-state index in [1.54, 1.807) is 12.3 Å². The summed E-state index contributed by atoms with van der Waals surface area (Å²) in [6, 6.07) is 1.92. The second kappa shape index (κ2) is 6.94. The van der Waals surface area contributed by atoms with Crippen LogP contribution >= 0.6 is 0 Å². The molecule has 0 aromatic carbocycles. The van der Waals surface area contributed by atoms with Gasteiger partial charge in [-0.05, 0) is 38.3 Å². The second-order valence-corrected chi connectivity index (χ2v) is 7.62. The molecular formula is C15H27N3O2S. The first-order valence-corrected chi connectivity index (χ1v) is 9.36. The first-order valence-electron chi connectivity index (χ1n) is 7.87. The molecule has 0 bridgehead atoms. The minimum Gasteiger partial charge on any atom is -0.349 e. The van der Waals surface area contributed by atoms with Gasteiger partial charge in [-0.3, -0.25) is 0 Å². The minimum atomic E-state index is -3.39. The maximum atomic E-state index is 12.5. The molecule has 1 saturated carbocycles. The van der Waals surface area contributed by atoms with Gasteiger partial charge in [0.05, 0.1) is 4.90 Å². The topological polar surface area (TPSA) is 63.1 Å². The fraction of sp³-hybridized carbons (Fsp3) is 0.733. The number of sulfonamides is 1. The zero-order valence-corrected chi connectivity index (χ0v) is 14.0. The van der Waals surface area contributed by atoms with Crippen LogP contribution in [0.25, 0.3) is 0 Å². The van der Waals surface area contributed by atoms with Crippen molar-refractivity contribution in [2.75, 3.05) is 7.05 Å². The van der Waals surface area contributed by atoms with E-state index in [0.717, 1.165) is 37.9 Å². The average molecular weight is 313 g/mol. The lowest BCUT2D eigenvalue weighted by atomic mass is 10.2. The van der Waals surface area contributed by atoms with Crippen LogP contribution in [0.3, 0.4) is 0 Å². The highest BCUT2D eigenvalue weighted by molar-refractivity contribution is 7.89. The van der Waals surface area contributed by atoms with E-state index in [9.17, 15) is 8.42 Å². The van der Waals surface area contributed by atoms with Gasteiger partial charge in [-0.15, -0.1) is 0 Å². The van der Waals surface area contributed by atoms with Crippen molar-refractivity contribution in [1.82, 2.24) is 14.6 Å². The summed E-state index contributed by atoms with van der Waals surface area (Å²) < 4.78 is 29.8. The molecule has 1 fully saturated rings. The molecule has 0 saturated heterocycles. The van der Waals surface area contributed by atoms with E-state index in [1.165, 1.54) is 0 Å².